The zero-order valence-corrected chi connectivity index (χ0v) is 14.9. The number of para-hydroxylation sites is 1. The van der Waals surface area contributed by atoms with Gasteiger partial charge in [-0.15, -0.1) is 0 Å². The number of benzene rings is 3. The van der Waals surface area contributed by atoms with E-state index in [9.17, 15) is 0 Å². The Hall–Kier alpha value is -2.82. The summed E-state index contributed by atoms with van der Waals surface area (Å²) >= 11 is 12.3. The highest BCUT2D eigenvalue weighted by atomic mass is 35.5. The third kappa shape index (κ3) is 2.46. The summed E-state index contributed by atoms with van der Waals surface area (Å²) in [6, 6.07) is 19.5. The van der Waals surface area contributed by atoms with Crippen molar-refractivity contribution in [1.29, 1.82) is 0 Å². The van der Waals surface area contributed by atoms with Crippen molar-refractivity contribution in [2.75, 3.05) is 0 Å². The van der Waals surface area contributed by atoms with Crippen LogP contribution in [-0.4, -0.2) is 20.2 Å². The Balaban J connectivity index is 1.64. The van der Waals surface area contributed by atoms with Gasteiger partial charge in [0.15, 0.2) is 5.82 Å². The first-order valence-electron chi connectivity index (χ1n) is 8.08. The van der Waals surface area contributed by atoms with Gasteiger partial charge in [-0.1, -0.05) is 53.5 Å². The number of H-pyrrole nitrogens is 2. The van der Waals surface area contributed by atoms with Crippen molar-refractivity contribution in [1.82, 2.24) is 20.2 Å². The number of fused-ring (bicyclic) bond motifs is 2. The fraction of sp³-hybridized carbons (Fsp3) is 0. The summed E-state index contributed by atoms with van der Waals surface area (Å²) < 4.78 is 0. The van der Waals surface area contributed by atoms with Crippen LogP contribution in [0.5, 0.6) is 0 Å². The fourth-order valence-electron chi connectivity index (χ4n) is 3.16. The molecule has 0 radical (unpaired) electrons. The van der Waals surface area contributed by atoms with E-state index in [2.05, 4.69) is 15.2 Å². The highest BCUT2D eigenvalue weighted by Gasteiger charge is 2.13. The molecule has 2 aromatic heterocycles. The maximum Gasteiger partial charge on any atom is 0.157 e. The largest absolute Gasteiger partial charge is 0.337 e. The van der Waals surface area contributed by atoms with E-state index in [-0.39, 0.29) is 0 Å². The first kappa shape index (κ1) is 15.4. The first-order chi connectivity index (χ1) is 12.7. The molecule has 0 saturated heterocycles. The second kappa shape index (κ2) is 5.87. The number of halogens is 2. The summed E-state index contributed by atoms with van der Waals surface area (Å²) in [5.41, 5.74) is 5.54. The van der Waals surface area contributed by atoms with Gasteiger partial charge in [-0.3, -0.25) is 5.10 Å². The molecule has 0 aliphatic carbocycles. The van der Waals surface area contributed by atoms with E-state index >= 15 is 0 Å². The monoisotopic (exact) mass is 378 g/mol. The number of nitrogens with one attached hydrogen (secondary N) is 2. The Kier molecular flexibility index (Phi) is 3.48. The molecule has 126 valence electrons. The summed E-state index contributed by atoms with van der Waals surface area (Å²) in [7, 11) is 0. The maximum absolute atomic E-state index is 6.34. The number of aromatic amines is 2. The van der Waals surface area contributed by atoms with Crippen LogP contribution in [-0.2, 0) is 0 Å². The molecule has 5 rings (SSSR count). The zero-order valence-electron chi connectivity index (χ0n) is 13.4. The maximum atomic E-state index is 6.34. The van der Waals surface area contributed by atoms with E-state index in [0.29, 0.717) is 10.0 Å². The topological polar surface area (TPSA) is 57.4 Å². The number of hydrogen-bond acceptors (Lipinski definition) is 2. The minimum absolute atomic E-state index is 0.620. The van der Waals surface area contributed by atoms with E-state index < -0.39 is 0 Å². The van der Waals surface area contributed by atoms with Crippen LogP contribution in [0, 0.1) is 0 Å². The lowest BCUT2D eigenvalue weighted by molar-refractivity contribution is 1.11. The van der Waals surface area contributed by atoms with Crippen molar-refractivity contribution in [2.24, 2.45) is 0 Å². The molecule has 0 amide bonds. The van der Waals surface area contributed by atoms with Crippen molar-refractivity contribution >= 4 is 45.1 Å². The number of hydrogen-bond donors (Lipinski definition) is 2. The summed E-state index contributed by atoms with van der Waals surface area (Å²) in [6.45, 7) is 0. The normalized spacial score (nSPS) is 11.5. The number of nitrogens with zero attached hydrogens (tertiary/aromatic N) is 2. The first-order valence-corrected chi connectivity index (χ1v) is 8.83. The second-order valence-corrected chi connectivity index (χ2v) is 6.90. The highest BCUT2D eigenvalue weighted by Crippen LogP contribution is 2.33. The lowest BCUT2D eigenvalue weighted by Crippen LogP contribution is -1.81. The Morgan fingerprint density at radius 3 is 2.62 bits per heavy atom. The fourth-order valence-corrected chi connectivity index (χ4v) is 3.68. The molecule has 26 heavy (non-hydrogen) atoms. The highest BCUT2D eigenvalue weighted by molar-refractivity contribution is 6.36. The summed E-state index contributed by atoms with van der Waals surface area (Å²) in [5.74, 6) is 0.757. The third-order valence-corrected chi connectivity index (χ3v) is 4.97. The molecule has 3 aromatic carbocycles. The van der Waals surface area contributed by atoms with E-state index in [1.807, 2.05) is 54.6 Å². The van der Waals surface area contributed by atoms with Crippen LogP contribution in [0.3, 0.4) is 0 Å². The zero-order chi connectivity index (χ0) is 17.7. The molecule has 0 unspecified atom stereocenters. The molecule has 6 heteroatoms. The van der Waals surface area contributed by atoms with Gasteiger partial charge in [-0.05, 0) is 35.9 Å². The quantitative estimate of drug-likeness (QED) is 0.391. The molecule has 2 N–H and O–H groups in total. The Morgan fingerprint density at radius 2 is 1.73 bits per heavy atom. The molecule has 0 bridgehead atoms. The van der Waals surface area contributed by atoms with Gasteiger partial charge in [0.1, 0.15) is 5.69 Å². The van der Waals surface area contributed by atoms with E-state index in [4.69, 9.17) is 28.2 Å². The molecule has 0 spiro atoms. The van der Waals surface area contributed by atoms with Gasteiger partial charge in [0.05, 0.1) is 16.6 Å². The average molecular weight is 379 g/mol. The van der Waals surface area contributed by atoms with Crippen LogP contribution >= 0.6 is 23.2 Å². The summed E-state index contributed by atoms with van der Waals surface area (Å²) in [5, 5.41) is 9.68. The second-order valence-electron chi connectivity index (χ2n) is 6.06. The average Bonchev–Trinajstić information content (AvgIpc) is 3.24. The molecule has 0 aliphatic rings. The Bertz CT molecular complexity index is 1270. The lowest BCUT2D eigenvalue weighted by atomic mass is 10.1. The molecule has 4 nitrogen and oxygen atoms in total. The Labute approximate surface area is 158 Å². The number of rotatable bonds is 2. The molecule has 0 atom stereocenters. The van der Waals surface area contributed by atoms with Crippen molar-refractivity contribution in [3.63, 3.8) is 0 Å². The SMILES string of the molecule is Clc1ccc(-c2ccc3nc(-c4[nH]nc5ccccc45)[nH]c3c2)c(Cl)c1. The van der Waals surface area contributed by atoms with Crippen molar-refractivity contribution < 1.29 is 0 Å². The van der Waals surface area contributed by atoms with Gasteiger partial charge in [0.2, 0.25) is 0 Å². The molecule has 0 saturated carbocycles. The van der Waals surface area contributed by atoms with Gasteiger partial charge in [0, 0.05) is 21.0 Å². The smallest absolute Gasteiger partial charge is 0.157 e. The Morgan fingerprint density at radius 1 is 0.846 bits per heavy atom. The minimum atomic E-state index is 0.620. The molecular weight excluding hydrogens is 367 g/mol. The minimum Gasteiger partial charge on any atom is -0.337 e. The molecular formula is C20H12Cl2N4. The molecule has 0 aliphatic heterocycles. The van der Waals surface area contributed by atoms with Gasteiger partial charge in [-0.2, -0.15) is 5.10 Å². The van der Waals surface area contributed by atoms with Crippen LogP contribution in [0.25, 0.3) is 44.6 Å². The predicted molar refractivity (Wildman–Crippen MR) is 107 cm³/mol. The number of aromatic nitrogens is 4. The van der Waals surface area contributed by atoms with Crippen molar-refractivity contribution in [2.45, 2.75) is 0 Å². The van der Waals surface area contributed by atoms with Gasteiger partial charge < -0.3 is 4.98 Å². The number of imidazole rings is 1. The molecule has 2 heterocycles. The predicted octanol–water partition coefficient (Wildman–Crippen LogP) is 6.08. The summed E-state index contributed by atoms with van der Waals surface area (Å²) in [6.07, 6.45) is 0. The van der Waals surface area contributed by atoms with E-state index in [1.54, 1.807) is 6.07 Å². The van der Waals surface area contributed by atoms with Crippen LogP contribution in [0.15, 0.2) is 60.7 Å². The van der Waals surface area contributed by atoms with Gasteiger partial charge >= 0.3 is 0 Å². The van der Waals surface area contributed by atoms with Gasteiger partial charge in [0.25, 0.3) is 0 Å². The van der Waals surface area contributed by atoms with Gasteiger partial charge in [-0.25, -0.2) is 4.98 Å². The standard InChI is InChI=1S/C20H12Cl2N4/c21-12-6-7-13(15(22)10-12)11-5-8-17-18(9-11)24-20(23-17)19-14-3-1-2-4-16(14)25-26-19/h1-10H,(H,23,24)(H,25,26). The van der Waals surface area contributed by atoms with Crippen LogP contribution in [0.4, 0.5) is 0 Å². The van der Waals surface area contributed by atoms with Crippen LogP contribution < -0.4 is 0 Å². The van der Waals surface area contributed by atoms with Crippen molar-refractivity contribution in [3.05, 3.63) is 70.7 Å². The summed E-state index contributed by atoms with van der Waals surface area (Å²) in [4.78, 5) is 8.08. The molecule has 5 aromatic rings. The van der Waals surface area contributed by atoms with E-state index in [1.165, 1.54) is 0 Å². The molecule has 0 fully saturated rings. The van der Waals surface area contributed by atoms with E-state index in [0.717, 1.165) is 44.6 Å². The third-order valence-electron chi connectivity index (χ3n) is 4.42. The van der Waals surface area contributed by atoms with Crippen molar-refractivity contribution in [3.8, 4) is 22.6 Å². The van der Waals surface area contributed by atoms with Crippen LogP contribution in [0.2, 0.25) is 10.0 Å². The lowest BCUT2D eigenvalue weighted by Gasteiger charge is -2.04. The van der Waals surface area contributed by atoms with Crippen LogP contribution in [0.1, 0.15) is 0 Å².